The molecular weight excluding hydrogens is 124 g/mol. The van der Waals surface area contributed by atoms with E-state index in [1.54, 1.807) is 0 Å². The molecule has 0 fully saturated rings. The number of rotatable bonds is 2. The first-order chi connectivity index (χ1) is 4.76. The van der Waals surface area contributed by atoms with Gasteiger partial charge in [-0.1, -0.05) is 6.08 Å². The highest BCUT2D eigenvalue weighted by molar-refractivity contribution is 5.92. The molecule has 0 atom stereocenters. The first kappa shape index (κ1) is 9.21. The molecule has 0 bridgehead atoms. The molecule has 58 valence electrons. The lowest BCUT2D eigenvalue weighted by molar-refractivity contribution is 0.537. The zero-order chi connectivity index (χ0) is 7.98. The number of allylic oxidation sites excluding steroid dienone is 1. The predicted molar refractivity (Wildman–Crippen MR) is 46.5 cm³/mol. The highest BCUT2D eigenvalue weighted by Gasteiger charge is 1.95. The third-order valence-corrected chi connectivity index (χ3v) is 1.41. The molecule has 0 saturated heterocycles. The van der Waals surface area contributed by atoms with Gasteiger partial charge in [-0.3, -0.25) is 4.99 Å². The SMILES string of the molecule is C/C=C\C(=N\C)N(C)CC. The Balaban J connectivity index is 4.08. The molecule has 0 unspecified atom stereocenters. The molecule has 0 aromatic heterocycles. The molecule has 0 rings (SSSR count). The molecule has 0 radical (unpaired) electrons. The molecule has 0 heterocycles. The molecule has 0 amide bonds. The van der Waals surface area contributed by atoms with Gasteiger partial charge in [0.1, 0.15) is 5.84 Å². The molecule has 0 aliphatic carbocycles. The summed E-state index contributed by atoms with van der Waals surface area (Å²) < 4.78 is 0. The van der Waals surface area contributed by atoms with E-state index in [2.05, 4.69) is 16.8 Å². The Morgan fingerprint density at radius 2 is 2.20 bits per heavy atom. The Labute approximate surface area is 63.3 Å². The van der Waals surface area contributed by atoms with Gasteiger partial charge in [-0.05, 0) is 19.9 Å². The number of nitrogens with zero attached hydrogens (tertiary/aromatic N) is 2. The third-order valence-electron chi connectivity index (χ3n) is 1.41. The predicted octanol–water partition coefficient (Wildman–Crippen LogP) is 1.54. The highest BCUT2D eigenvalue weighted by Crippen LogP contribution is 1.88. The standard InChI is InChI=1S/C8H16N2/c1-5-7-8(9-3)10(4)6-2/h5,7H,6H2,1-4H3/b7-5-,9-8-. The van der Waals surface area contributed by atoms with Crippen molar-refractivity contribution in [3.05, 3.63) is 12.2 Å². The van der Waals surface area contributed by atoms with Crippen LogP contribution >= 0.6 is 0 Å². The Hall–Kier alpha value is -0.790. The van der Waals surface area contributed by atoms with E-state index < -0.39 is 0 Å². The Kier molecular flexibility index (Phi) is 4.63. The van der Waals surface area contributed by atoms with E-state index in [0.717, 1.165) is 12.4 Å². The monoisotopic (exact) mass is 140 g/mol. The molecule has 0 spiro atoms. The second-order valence-electron chi connectivity index (χ2n) is 2.10. The summed E-state index contributed by atoms with van der Waals surface area (Å²) >= 11 is 0. The largest absolute Gasteiger partial charge is 0.360 e. The zero-order valence-corrected chi connectivity index (χ0v) is 7.26. The Morgan fingerprint density at radius 1 is 1.60 bits per heavy atom. The normalized spacial score (nSPS) is 12.6. The minimum Gasteiger partial charge on any atom is -0.360 e. The van der Waals surface area contributed by atoms with E-state index in [0.29, 0.717) is 0 Å². The van der Waals surface area contributed by atoms with Gasteiger partial charge in [0.25, 0.3) is 0 Å². The summed E-state index contributed by atoms with van der Waals surface area (Å²) in [4.78, 5) is 6.20. The summed E-state index contributed by atoms with van der Waals surface area (Å²) in [6, 6.07) is 0. The summed E-state index contributed by atoms with van der Waals surface area (Å²) in [5.41, 5.74) is 0. The van der Waals surface area contributed by atoms with Crippen molar-refractivity contribution in [2.45, 2.75) is 13.8 Å². The van der Waals surface area contributed by atoms with Gasteiger partial charge in [-0.2, -0.15) is 0 Å². The number of aliphatic imine (C=N–C) groups is 1. The summed E-state index contributed by atoms with van der Waals surface area (Å²) in [6.45, 7) is 5.10. The van der Waals surface area contributed by atoms with Gasteiger partial charge in [0.05, 0.1) is 0 Å². The van der Waals surface area contributed by atoms with Gasteiger partial charge in [0.15, 0.2) is 0 Å². The molecule has 0 aliphatic heterocycles. The van der Waals surface area contributed by atoms with Crippen molar-refractivity contribution in [3.8, 4) is 0 Å². The van der Waals surface area contributed by atoms with Crippen molar-refractivity contribution in [3.63, 3.8) is 0 Å². The smallest absolute Gasteiger partial charge is 0.122 e. The van der Waals surface area contributed by atoms with Gasteiger partial charge in [0.2, 0.25) is 0 Å². The summed E-state index contributed by atoms with van der Waals surface area (Å²) in [5.74, 6) is 1.03. The highest BCUT2D eigenvalue weighted by atomic mass is 15.1. The number of hydrogen-bond donors (Lipinski definition) is 0. The van der Waals surface area contributed by atoms with Crippen LogP contribution in [0.2, 0.25) is 0 Å². The van der Waals surface area contributed by atoms with Crippen LogP contribution in [0.1, 0.15) is 13.8 Å². The zero-order valence-electron chi connectivity index (χ0n) is 7.26. The van der Waals surface area contributed by atoms with Crippen molar-refractivity contribution < 1.29 is 0 Å². The van der Waals surface area contributed by atoms with Crippen molar-refractivity contribution in [2.24, 2.45) is 4.99 Å². The second-order valence-corrected chi connectivity index (χ2v) is 2.10. The Bertz CT molecular complexity index is 136. The summed E-state index contributed by atoms with van der Waals surface area (Å²) in [7, 11) is 3.84. The topological polar surface area (TPSA) is 15.6 Å². The fraction of sp³-hybridized carbons (Fsp3) is 0.625. The van der Waals surface area contributed by atoms with Gasteiger partial charge >= 0.3 is 0 Å². The molecule has 2 nitrogen and oxygen atoms in total. The minimum atomic E-state index is 0.997. The maximum absolute atomic E-state index is 4.10. The van der Waals surface area contributed by atoms with Crippen LogP contribution in [0.3, 0.4) is 0 Å². The quantitative estimate of drug-likeness (QED) is 0.419. The molecule has 0 saturated carbocycles. The maximum Gasteiger partial charge on any atom is 0.122 e. The van der Waals surface area contributed by atoms with E-state index in [-0.39, 0.29) is 0 Å². The molecule has 0 aromatic rings. The van der Waals surface area contributed by atoms with E-state index in [1.165, 1.54) is 0 Å². The van der Waals surface area contributed by atoms with Gasteiger partial charge in [0, 0.05) is 20.6 Å². The minimum absolute atomic E-state index is 0.997. The summed E-state index contributed by atoms with van der Waals surface area (Å²) in [6.07, 6.45) is 4.00. The first-order valence-electron chi connectivity index (χ1n) is 3.56. The van der Waals surface area contributed by atoms with E-state index >= 15 is 0 Å². The van der Waals surface area contributed by atoms with Crippen LogP contribution < -0.4 is 0 Å². The van der Waals surface area contributed by atoms with Crippen LogP contribution in [0.25, 0.3) is 0 Å². The second kappa shape index (κ2) is 5.03. The number of amidine groups is 1. The van der Waals surface area contributed by atoms with Crippen molar-refractivity contribution in [1.29, 1.82) is 0 Å². The molecular formula is C8H16N2. The average Bonchev–Trinajstić information content (AvgIpc) is 1.99. The molecule has 0 aliphatic rings. The van der Waals surface area contributed by atoms with Crippen molar-refractivity contribution >= 4 is 5.84 Å². The van der Waals surface area contributed by atoms with Crippen LogP contribution in [0, 0.1) is 0 Å². The molecule has 0 N–H and O–H groups in total. The van der Waals surface area contributed by atoms with Gasteiger partial charge < -0.3 is 4.90 Å². The van der Waals surface area contributed by atoms with E-state index in [9.17, 15) is 0 Å². The van der Waals surface area contributed by atoms with Crippen LogP contribution in [0.15, 0.2) is 17.1 Å². The fourth-order valence-corrected chi connectivity index (χ4v) is 0.684. The lowest BCUT2D eigenvalue weighted by Crippen LogP contribution is -2.24. The lowest BCUT2D eigenvalue weighted by atomic mass is 10.4. The van der Waals surface area contributed by atoms with Gasteiger partial charge in [-0.25, -0.2) is 0 Å². The number of likely N-dealkylation sites (N-methyl/N-ethyl adjacent to an activating group) is 1. The molecule has 2 heteroatoms. The summed E-state index contributed by atoms with van der Waals surface area (Å²) in [5, 5.41) is 0. The Morgan fingerprint density at radius 3 is 2.50 bits per heavy atom. The van der Waals surface area contributed by atoms with E-state index in [1.807, 2.05) is 33.2 Å². The lowest BCUT2D eigenvalue weighted by Gasteiger charge is -2.15. The van der Waals surface area contributed by atoms with Crippen LogP contribution in [0.5, 0.6) is 0 Å². The van der Waals surface area contributed by atoms with Gasteiger partial charge in [-0.15, -0.1) is 0 Å². The van der Waals surface area contributed by atoms with E-state index in [4.69, 9.17) is 0 Å². The fourth-order valence-electron chi connectivity index (χ4n) is 0.684. The maximum atomic E-state index is 4.10. The van der Waals surface area contributed by atoms with Crippen LogP contribution in [-0.4, -0.2) is 31.4 Å². The van der Waals surface area contributed by atoms with Crippen LogP contribution in [-0.2, 0) is 0 Å². The van der Waals surface area contributed by atoms with Crippen molar-refractivity contribution in [1.82, 2.24) is 4.90 Å². The average molecular weight is 140 g/mol. The number of hydrogen-bond acceptors (Lipinski definition) is 1. The van der Waals surface area contributed by atoms with Crippen LogP contribution in [0.4, 0.5) is 0 Å². The van der Waals surface area contributed by atoms with Crippen molar-refractivity contribution in [2.75, 3.05) is 20.6 Å². The third kappa shape index (κ3) is 2.67. The first-order valence-corrected chi connectivity index (χ1v) is 3.56. The molecule has 0 aromatic carbocycles. The molecule has 10 heavy (non-hydrogen) atoms.